The van der Waals surface area contributed by atoms with E-state index >= 15 is 0 Å². The van der Waals surface area contributed by atoms with Gasteiger partial charge in [-0.25, -0.2) is 0 Å². The Balaban J connectivity index is 1.75. The topological polar surface area (TPSA) is 99.7 Å². The van der Waals surface area contributed by atoms with Gasteiger partial charge in [-0.05, 0) is 38.6 Å². The Hall–Kier alpha value is -2.52. The highest BCUT2D eigenvalue weighted by Crippen LogP contribution is 2.39. The third-order valence-corrected chi connectivity index (χ3v) is 6.00. The van der Waals surface area contributed by atoms with Crippen LogP contribution in [-0.2, 0) is 0 Å². The number of H-pyrrole nitrogens is 1. The van der Waals surface area contributed by atoms with Gasteiger partial charge in [0.05, 0.1) is 47.3 Å². The summed E-state index contributed by atoms with van der Waals surface area (Å²) in [5.41, 5.74) is 1.23. The van der Waals surface area contributed by atoms with E-state index in [1.165, 1.54) is 18.5 Å². The number of pyridine rings is 2. The predicted molar refractivity (Wildman–Crippen MR) is 137 cm³/mol. The second-order valence-corrected chi connectivity index (χ2v) is 8.77. The lowest BCUT2D eigenvalue weighted by Crippen LogP contribution is -2.23. The number of methoxy groups -OCH3 is 1. The zero-order valence-electron chi connectivity index (χ0n) is 19.4. The van der Waals surface area contributed by atoms with Crippen LogP contribution in [0.25, 0.3) is 10.9 Å². The van der Waals surface area contributed by atoms with Gasteiger partial charge in [-0.15, -0.1) is 0 Å². The van der Waals surface area contributed by atoms with E-state index in [-0.39, 0.29) is 12.2 Å². The zero-order chi connectivity index (χ0) is 24.5. The van der Waals surface area contributed by atoms with Gasteiger partial charge in [0.2, 0.25) is 0 Å². The Bertz CT molecular complexity index is 1140. The predicted octanol–water partition coefficient (Wildman–Crippen LogP) is 4.85. The highest BCUT2D eigenvalue weighted by Gasteiger charge is 2.16. The van der Waals surface area contributed by atoms with Gasteiger partial charge in [0, 0.05) is 30.4 Å². The first-order chi connectivity index (χ1) is 16.4. The molecule has 0 saturated carbocycles. The van der Waals surface area contributed by atoms with Crippen LogP contribution in [0.3, 0.4) is 0 Å². The molecular weight excluding hydrogens is 479 g/mol. The Kier molecular flexibility index (Phi) is 9.83. The number of likely N-dealkylation sites (N-methyl/N-ethyl adjacent to an activating group) is 1. The molecule has 3 rings (SSSR count). The Labute approximate surface area is 208 Å². The van der Waals surface area contributed by atoms with Gasteiger partial charge in [-0.1, -0.05) is 36.0 Å². The summed E-state index contributed by atoms with van der Waals surface area (Å²) < 4.78 is 11.6. The maximum absolute atomic E-state index is 12.5. The fourth-order valence-corrected chi connectivity index (χ4v) is 4.11. The number of nitrogens with zero attached hydrogens (tertiary/aromatic N) is 2. The number of aliphatic hydroxyl groups excluding tert-OH is 1. The van der Waals surface area contributed by atoms with Crippen molar-refractivity contribution in [1.29, 1.82) is 0 Å². The molecule has 0 radical (unpaired) electrons. The fourth-order valence-electron chi connectivity index (χ4n) is 3.65. The molecule has 0 bridgehead atoms. The maximum atomic E-state index is 12.5. The van der Waals surface area contributed by atoms with Crippen LogP contribution in [0.15, 0.2) is 35.4 Å². The molecule has 2 heterocycles. The molecule has 0 amide bonds. The van der Waals surface area contributed by atoms with Crippen molar-refractivity contribution in [2.45, 2.75) is 25.7 Å². The summed E-state index contributed by atoms with van der Waals surface area (Å²) in [4.78, 5) is 21.4. The number of aromatic nitrogens is 2. The molecule has 34 heavy (non-hydrogen) atoms. The minimum atomic E-state index is -0.304. The summed E-state index contributed by atoms with van der Waals surface area (Å²) in [5, 5.41) is 13.5. The van der Waals surface area contributed by atoms with E-state index < -0.39 is 0 Å². The normalized spacial score (nSPS) is 11.2. The van der Waals surface area contributed by atoms with Crippen LogP contribution >= 0.6 is 23.2 Å². The molecule has 0 saturated heterocycles. The van der Waals surface area contributed by atoms with Gasteiger partial charge in [-0.2, -0.15) is 0 Å². The van der Waals surface area contributed by atoms with Crippen molar-refractivity contribution in [2.75, 3.05) is 45.8 Å². The van der Waals surface area contributed by atoms with Crippen LogP contribution in [0, 0.1) is 0 Å². The molecule has 0 atom stereocenters. The van der Waals surface area contributed by atoms with E-state index in [0.29, 0.717) is 51.6 Å². The molecule has 3 N–H and O–H groups in total. The molecule has 2 aromatic heterocycles. The third kappa shape index (κ3) is 6.76. The minimum Gasteiger partial charge on any atom is -0.493 e. The zero-order valence-corrected chi connectivity index (χ0v) is 20.9. The smallest absolute Gasteiger partial charge is 0.250 e. The first-order valence-corrected chi connectivity index (χ1v) is 11.9. The quantitative estimate of drug-likeness (QED) is 0.284. The lowest BCUT2D eigenvalue weighted by Gasteiger charge is -2.17. The summed E-state index contributed by atoms with van der Waals surface area (Å²) in [6, 6.07) is 5.08. The monoisotopic (exact) mass is 508 g/mol. The highest BCUT2D eigenvalue weighted by atomic mass is 35.5. The molecule has 1 aromatic carbocycles. The number of aromatic amines is 1. The number of unbranched alkanes of at least 4 members (excludes halogenated alkanes) is 3. The van der Waals surface area contributed by atoms with Crippen LogP contribution in [0.1, 0.15) is 25.7 Å². The average molecular weight is 509 g/mol. The number of fused-ring (bicyclic) bond motifs is 1. The average Bonchev–Trinajstić information content (AvgIpc) is 2.81. The van der Waals surface area contributed by atoms with Gasteiger partial charge in [0.25, 0.3) is 5.56 Å². The van der Waals surface area contributed by atoms with Crippen molar-refractivity contribution < 1.29 is 14.6 Å². The second kappa shape index (κ2) is 12.8. The van der Waals surface area contributed by atoms with Crippen LogP contribution in [0.5, 0.6) is 11.5 Å². The number of anilines is 2. The lowest BCUT2D eigenvalue weighted by atomic mass is 10.1. The number of nitrogens with one attached hydrogen (secondary N) is 2. The summed E-state index contributed by atoms with van der Waals surface area (Å²) in [7, 11) is 3.57. The van der Waals surface area contributed by atoms with Crippen LogP contribution in [0.2, 0.25) is 10.0 Å². The molecule has 3 aromatic rings. The summed E-state index contributed by atoms with van der Waals surface area (Å²) >= 11 is 12.5. The van der Waals surface area contributed by atoms with Crippen LogP contribution < -0.4 is 20.3 Å². The number of benzene rings is 1. The molecular formula is C24H30Cl2N4O4. The molecule has 184 valence electrons. The first-order valence-electron chi connectivity index (χ1n) is 11.2. The van der Waals surface area contributed by atoms with Gasteiger partial charge >= 0.3 is 0 Å². The number of ether oxygens (including phenoxy) is 2. The standard InChI is InChI=1S/C24H30Cl2N4O4/c1-30(10-11-31)9-5-3-4-6-12-34-24-20(33-2)8-7-16-19(13-21(32)29-22(16)24)28-23-17(25)14-27-15-18(23)26/h7-8,13-15,31H,3-6,9-12H2,1-2H3,(H2,27,28,29,32). The Morgan fingerprint density at radius 2 is 1.85 bits per heavy atom. The Morgan fingerprint density at radius 1 is 1.12 bits per heavy atom. The molecule has 8 nitrogen and oxygen atoms in total. The van der Waals surface area contributed by atoms with Gasteiger partial charge < -0.3 is 29.8 Å². The van der Waals surface area contributed by atoms with Crippen molar-refractivity contribution in [3.8, 4) is 11.5 Å². The molecule has 0 aliphatic carbocycles. The minimum absolute atomic E-state index is 0.180. The molecule has 0 aliphatic heterocycles. The lowest BCUT2D eigenvalue weighted by molar-refractivity contribution is 0.218. The maximum Gasteiger partial charge on any atom is 0.250 e. The van der Waals surface area contributed by atoms with Crippen molar-refractivity contribution in [2.24, 2.45) is 0 Å². The first kappa shape index (κ1) is 26.1. The molecule has 10 heteroatoms. The summed E-state index contributed by atoms with van der Waals surface area (Å²) in [6.45, 7) is 2.32. The number of hydrogen-bond acceptors (Lipinski definition) is 7. The van der Waals surface area contributed by atoms with E-state index in [1.807, 2.05) is 13.1 Å². The molecule has 0 spiro atoms. The summed E-state index contributed by atoms with van der Waals surface area (Å²) in [5.74, 6) is 1.02. The number of aliphatic hydroxyl groups is 1. The van der Waals surface area contributed by atoms with Crippen molar-refractivity contribution >= 4 is 45.5 Å². The number of halogens is 2. The van der Waals surface area contributed by atoms with E-state index in [4.69, 9.17) is 37.8 Å². The molecule has 0 aliphatic rings. The second-order valence-electron chi connectivity index (χ2n) is 7.96. The third-order valence-electron chi connectivity index (χ3n) is 5.43. The number of rotatable bonds is 13. The Morgan fingerprint density at radius 3 is 2.56 bits per heavy atom. The van der Waals surface area contributed by atoms with E-state index in [2.05, 4.69) is 20.2 Å². The molecule has 0 unspecified atom stereocenters. The van der Waals surface area contributed by atoms with Crippen molar-refractivity contribution in [3.63, 3.8) is 0 Å². The van der Waals surface area contributed by atoms with E-state index in [0.717, 1.165) is 37.6 Å². The van der Waals surface area contributed by atoms with Gasteiger partial charge in [-0.3, -0.25) is 9.78 Å². The SMILES string of the molecule is COc1ccc2c(Nc3c(Cl)cncc3Cl)cc(=O)[nH]c2c1OCCCCCCN(C)CCO. The van der Waals surface area contributed by atoms with E-state index in [9.17, 15) is 4.79 Å². The van der Waals surface area contributed by atoms with Crippen molar-refractivity contribution in [1.82, 2.24) is 14.9 Å². The highest BCUT2D eigenvalue weighted by molar-refractivity contribution is 6.39. The fraction of sp³-hybridized carbons (Fsp3) is 0.417. The number of hydrogen-bond donors (Lipinski definition) is 3. The van der Waals surface area contributed by atoms with Gasteiger partial charge in [0.15, 0.2) is 11.5 Å². The summed E-state index contributed by atoms with van der Waals surface area (Å²) in [6.07, 6.45) is 6.98. The van der Waals surface area contributed by atoms with E-state index in [1.54, 1.807) is 13.2 Å². The largest absolute Gasteiger partial charge is 0.493 e. The van der Waals surface area contributed by atoms with Gasteiger partial charge in [0.1, 0.15) is 0 Å². The van der Waals surface area contributed by atoms with Crippen LogP contribution in [-0.4, -0.2) is 60.4 Å². The van der Waals surface area contributed by atoms with Crippen LogP contribution in [0.4, 0.5) is 11.4 Å². The molecule has 0 fully saturated rings. The van der Waals surface area contributed by atoms with Crippen molar-refractivity contribution in [3.05, 3.63) is 51.0 Å².